The summed E-state index contributed by atoms with van der Waals surface area (Å²) in [5.41, 5.74) is 2.80. The number of benzene rings is 2. The van der Waals surface area contributed by atoms with Crippen molar-refractivity contribution in [3.8, 4) is 0 Å². The van der Waals surface area contributed by atoms with Crippen LogP contribution in [0, 0.1) is 0 Å². The van der Waals surface area contributed by atoms with Gasteiger partial charge in [0.2, 0.25) is 11.8 Å². The fourth-order valence-electron chi connectivity index (χ4n) is 3.82. The van der Waals surface area contributed by atoms with Gasteiger partial charge in [-0.1, -0.05) is 42.5 Å². The average molecular weight is 485 g/mol. The van der Waals surface area contributed by atoms with Crippen molar-refractivity contribution in [1.29, 1.82) is 0 Å². The van der Waals surface area contributed by atoms with Crippen molar-refractivity contribution in [2.24, 2.45) is 0 Å². The summed E-state index contributed by atoms with van der Waals surface area (Å²) in [5, 5.41) is 17.8. The number of nitrogens with one attached hydrogen (secondary N) is 3. The molecule has 3 rings (SSSR count). The molecule has 182 valence electrons. The molecule has 2 amide bonds. The molecule has 0 radical (unpaired) electrons. The first-order valence-electron chi connectivity index (χ1n) is 11.1. The van der Waals surface area contributed by atoms with Crippen molar-refractivity contribution in [2.75, 3.05) is 19.0 Å². The summed E-state index contributed by atoms with van der Waals surface area (Å²) in [4.78, 5) is 39.7. The first-order valence-corrected chi connectivity index (χ1v) is 12.0. The maximum Gasteiger partial charge on any atom is 0.322 e. The van der Waals surface area contributed by atoms with Crippen LogP contribution in [0.5, 0.6) is 0 Å². The number of carboxylic acid groups (broad SMARTS) is 1. The lowest BCUT2D eigenvalue weighted by Gasteiger charge is -2.25. The molecule has 0 saturated carbocycles. The summed E-state index contributed by atoms with van der Waals surface area (Å²) in [6.07, 6.45) is 0.125. The highest BCUT2D eigenvalue weighted by atomic mass is 32.2. The van der Waals surface area contributed by atoms with Crippen molar-refractivity contribution in [1.82, 2.24) is 16.0 Å². The minimum atomic E-state index is -0.990. The van der Waals surface area contributed by atoms with Gasteiger partial charge in [-0.3, -0.25) is 19.7 Å². The Labute approximate surface area is 204 Å². The molecular formula is C25H32N4O4S. The summed E-state index contributed by atoms with van der Waals surface area (Å²) in [6.45, 7) is 3.92. The van der Waals surface area contributed by atoms with E-state index in [9.17, 15) is 19.5 Å². The van der Waals surface area contributed by atoms with Crippen LogP contribution >= 0.6 is 11.8 Å². The SMILES string of the molecule is CN(C)c1ccc(CNC(=O)[C@@H](NC(=O)Cc2ccccc2)[C@@H]2N[C@@H](C(=O)O)C(C)(C)S2)cc1. The highest BCUT2D eigenvalue weighted by Crippen LogP contribution is 2.39. The molecule has 1 fully saturated rings. The van der Waals surface area contributed by atoms with Crippen LogP contribution in [0.25, 0.3) is 0 Å². The smallest absolute Gasteiger partial charge is 0.322 e. The number of aliphatic carboxylic acids is 1. The molecule has 2 aromatic rings. The Morgan fingerprint density at radius 3 is 2.26 bits per heavy atom. The van der Waals surface area contributed by atoms with Gasteiger partial charge in [-0.2, -0.15) is 0 Å². The molecule has 3 atom stereocenters. The third kappa shape index (κ3) is 6.51. The van der Waals surface area contributed by atoms with Gasteiger partial charge in [0.25, 0.3) is 0 Å². The van der Waals surface area contributed by atoms with E-state index in [1.54, 1.807) is 0 Å². The second-order valence-electron chi connectivity index (χ2n) is 9.07. The molecular weight excluding hydrogens is 452 g/mol. The highest BCUT2D eigenvalue weighted by Gasteiger charge is 2.49. The predicted molar refractivity (Wildman–Crippen MR) is 135 cm³/mol. The number of hydrogen-bond acceptors (Lipinski definition) is 6. The Morgan fingerprint density at radius 1 is 1.06 bits per heavy atom. The van der Waals surface area contributed by atoms with Crippen LogP contribution in [0.15, 0.2) is 54.6 Å². The lowest BCUT2D eigenvalue weighted by Crippen LogP contribution is -2.57. The Morgan fingerprint density at radius 2 is 1.71 bits per heavy atom. The van der Waals surface area contributed by atoms with Gasteiger partial charge in [0.05, 0.1) is 11.8 Å². The quantitative estimate of drug-likeness (QED) is 0.431. The number of amides is 2. The summed E-state index contributed by atoms with van der Waals surface area (Å²) >= 11 is 1.34. The molecule has 1 aliphatic heterocycles. The minimum absolute atomic E-state index is 0.125. The molecule has 1 aliphatic rings. The van der Waals surface area contributed by atoms with Gasteiger partial charge in [-0.05, 0) is 37.1 Å². The number of rotatable bonds is 9. The van der Waals surface area contributed by atoms with Crippen molar-refractivity contribution in [3.05, 3.63) is 65.7 Å². The molecule has 8 nitrogen and oxygen atoms in total. The third-order valence-corrected chi connectivity index (χ3v) is 7.24. The number of hydrogen-bond donors (Lipinski definition) is 4. The predicted octanol–water partition coefficient (Wildman–Crippen LogP) is 1.99. The standard InChI is InChI=1S/C25H32N4O4S/c1-25(2)21(24(32)33)28-23(34-25)20(27-19(30)14-16-8-6-5-7-9-16)22(31)26-15-17-10-12-18(13-11-17)29(3)4/h5-13,20-21,23,28H,14-15H2,1-4H3,(H,26,31)(H,27,30)(H,32,33)/t20-,21+,23-/m1/s1. The van der Waals surface area contributed by atoms with Gasteiger partial charge in [-0.25, -0.2) is 0 Å². The molecule has 0 spiro atoms. The first kappa shape index (κ1) is 25.6. The number of carboxylic acids is 1. The van der Waals surface area contributed by atoms with Crippen LogP contribution in [0.4, 0.5) is 5.69 Å². The fourth-order valence-corrected chi connectivity index (χ4v) is 5.31. The number of anilines is 1. The highest BCUT2D eigenvalue weighted by molar-refractivity contribution is 8.01. The molecule has 2 aromatic carbocycles. The summed E-state index contributed by atoms with van der Waals surface area (Å²) < 4.78 is -0.652. The van der Waals surface area contributed by atoms with E-state index in [1.165, 1.54) is 11.8 Å². The van der Waals surface area contributed by atoms with E-state index in [2.05, 4.69) is 16.0 Å². The van der Waals surface area contributed by atoms with Gasteiger partial charge in [0, 0.05) is 31.1 Å². The normalized spacial score (nSPS) is 19.8. The lowest BCUT2D eigenvalue weighted by molar-refractivity contribution is -0.140. The largest absolute Gasteiger partial charge is 0.480 e. The number of carbonyl (C=O) groups excluding carboxylic acids is 2. The van der Waals surface area contributed by atoms with Crippen molar-refractivity contribution >= 4 is 35.2 Å². The van der Waals surface area contributed by atoms with E-state index in [0.717, 1.165) is 16.8 Å². The summed E-state index contributed by atoms with van der Waals surface area (Å²) in [6, 6.07) is 15.3. The topological polar surface area (TPSA) is 111 Å². The van der Waals surface area contributed by atoms with E-state index < -0.39 is 28.2 Å². The van der Waals surface area contributed by atoms with E-state index in [-0.39, 0.29) is 18.2 Å². The van der Waals surface area contributed by atoms with Crippen LogP contribution in [-0.4, -0.2) is 59.2 Å². The van der Waals surface area contributed by atoms with Gasteiger partial charge in [0.1, 0.15) is 12.1 Å². The van der Waals surface area contributed by atoms with Crippen molar-refractivity contribution in [2.45, 2.75) is 49.0 Å². The van der Waals surface area contributed by atoms with Crippen molar-refractivity contribution < 1.29 is 19.5 Å². The van der Waals surface area contributed by atoms with Crippen LogP contribution in [0.3, 0.4) is 0 Å². The summed E-state index contributed by atoms with van der Waals surface area (Å²) in [7, 11) is 3.91. The molecule has 0 aromatic heterocycles. The second-order valence-corrected chi connectivity index (χ2v) is 10.9. The lowest BCUT2D eigenvalue weighted by atomic mass is 10.0. The van der Waals surface area contributed by atoms with Crippen LogP contribution < -0.4 is 20.9 Å². The molecule has 1 heterocycles. The zero-order valence-corrected chi connectivity index (χ0v) is 20.7. The van der Waals surface area contributed by atoms with Crippen LogP contribution in [-0.2, 0) is 27.3 Å². The Kier molecular flexibility index (Phi) is 8.22. The molecule has 34 heavy (non-hydrogen) atoms. The summed E-state index contributed by atoms with van der Waals surface area (Å²) in [5.74, 6) is -1.67. The molecule has 4 N–H and O–H groups in total. The molecule has 0 bridgehead atoms. The zero-order valence-electron chi connectivity index (χ0n) is 19.9. The zero-order chi connectivity index (χ0) is 24.9. The van der Waals surface area contributed by atoms with Gasteiger partial charge < -0.3 is 20.6 Å². The van der Waals surface area contributed by atoms with E-state index in [0.29, 0.717) is 6.54 Å². The minimum Gasteiger partial charge on any atom is -0.480 e. The Hall–Kier alpha value is -3.04. The number of thioether (sulfide) groups is 1. The Bertz CT molecular complexity index is 1010. The molecule has 1 saturated heterocycles. The van der Waals surface area contributed by atoms with Crippen LogP contribution in [0.1, 0.15) is 25.0 Å². The fraction of sp³-hybridized carbons (Fsp3) is 0.400. The van der Waals surface area contributed by atoms with E-state index >= 15 is 0 Å². The van der Waals surface area contributed by atoms with E-state index in [1.807, 2.05) is 87.4 Å². The number of carbonyl (C=O) groups is 3. The van der Waals surface area contributed by atoms with Gasteiger partial charge in [0.15, 0.2) is 0 Å². The van der Waals surface area contributed by atoms with Crippen LogP contribution in [0.2, 0.25) is 0 Å². The molecule has 0 aliphatic carbocycles. The third-order valence-electron chi connectivity index (χ3n) is 5.73. The van der Waals surface area contributed by atoms with Crippen molar-refractivity contribution in [3.63, 3.8) is 0 Å². The second kappa shape index (κ2) is 10.9. The molecule has 0 unspecified atom stereocenters. The van der Waals surface area contributed by atoms with Gasteiger partial charge in [-0.15, -0.1) is 11.8 Å². The maximum absolute atomic E-state index is 13.2. The first-order chi connectivity index (χ1) is 16.1. The average Bonchev–Trinajstić information content (AvgIpc) is 3.11. The molecule has 9 heteroatoms. The Balaban J connectivity index is 1.73. The number of nitrogens with zero attached hydrogens (tertiary/aromatic N) is 1. The van der Waals surface area contributed by atoms with E-state index in [4.69, 9.17) is 0 Å². The van der Waals surface area contributed by atoms with Gasteiger partial charge >= 0.3 is 5.97 Å². The maximum atomic E-state index is 13.2. The monoisotopic (exact) mass is 484 g/mol.